The molecule has 0 fully saturated rings. The van der Waals surface area contributed by atoms with Crippen molar-refractivity contribution in [1.29, 1.82) is 0 Å². The average molecular weight is 659 g/mol. The predicted molar refractivity (Wildman–Crippen MR) is 141 cm³/mol. The number of pyridine rings is 3. The Morgan fingerprint density at radius 2 is 1.38 bits per heavy atom. The van der Waals surface area contributed by atoms with E-state index in [1.54, 1.807) is 12.4 Å². The van der Waals surface area contributed by atoms with E-state index in [4.69, 9.17) is 9.72 Å². The second kappa shape index (κ2) is 8.12. The summed E-state index contributed by atoms with van der Waals surface area (Å²) in [5.41, 5.74) is 4.61. The van der Waals surface area contributed by atoms with Crippen molar-refractivity contribution in [2.45, 2.75) is 6.92 Å². The number of imidazole rings is 2. The first-order valence-corrected chi connectivity index (χ1v) is 11.7. The zero-order valence-corrected chi connectivity index (χ0v) is 21.8. The number of para-hydroxylation sites is 1. The van der Waals surface area contributed by atoms with E-state index in [0.717, 1.165) is 60.5 Å². The third-order valence-electron chi connectivity index (χ3n) is 6.73. The molecular formula is C30H17N5OPt. The molecule has 0 aliphatic carbocycles. The Bertz CT molecular complexity index is 2160. The molecule has 0 aliphatic heterocycles. The van der Waals surface area contributed by atoms with Crippen molar-refractivity contribution < 1.29 is 25.8 Å². The van der Waals surface area contributed by atoms with Crippen molar-refractivity contribution in [2.24, 2.45) is 0 Å². The molecule has 5 heterocycles. The van der Waals surface area contributed by atoms with Crippen LogP contribution in [0, 0.1) is 19.1 Å². The van der Waals surface area contributed by atoms with Gasteiger partial charge in [-0.05, 0) is 29.8 Å². The third-order valence-corrected chi connectivity index (χ3v) is 6.73. The predicted octanol–water partition coefficient (Wildman–Crippen LogP) is 6.69. The number of benzene rings is 3. The van der Waals surface area contributed by atoms with E-state index in [-0.39, 0.29) is 21.1 Å². The van der Waals surface area contributed by atoms with Crippen LogP contribution in [0.4, 0.5) is 0 Å². The Hall–Kier alpha value is -4.28. The quantitative estimate of drug-likeness (QED) is 0.154. The Labute approximate surface area is 225 Å². The fourth-order valence-corrected chi connectivity index (χ4v) is 5.22. The molecule has 0 radical (unpaired) electrons. The summed E-state index contributed by atoms with van der Waals surface area (Å²) in [4.78, 5) is 13.9. The summed E-state index contributed by atoms with van der Waals surface area (Å²) in [6.07, 6.45) is 7.56. The Balaban J connectivity index is 0.00000231. The van der Waals surface area contributed by atoms with Crippen molar-refractivity contribution >= 4 is 54.8 Å². The van der Waals surface area contributed by atoms with E-state index >= 15 is 0 Å². The van der Waals surface area contributed by atoms with E-state index in [0.29, 0.717) is 11.5 Å². The van der Waals surface area contributed by atoms with Gasteiger partial charge in [-0.15, -0.1) is 12.1 Å². The number of rotatable bonds is 2. The second-order valence-corrected chi connectivity index (χ2v) is 8.91. The van der Waals surface area contributed by atoms with Gasteiger partial charge < -0.3 is 13.5 Å². The summed E-state index contributed by atoms with van der Waals surface area (Å²) in [7, 11) is 0. The topological polar surface area (TPSA) is 56.7 Å². The maximum atomic E-state index is 6.30. The Morgan fingerprint density at radius 1 is 0.676 bits per heavy atom. The minimum Gasteiger partial charge on any atom is -0.497 e. The van der Waals surface area contributed by atoms with Crippen molar-refractivity contribution in [2.75, 3.05) is 0 Å². The molecule has 5 aromatic heterocycles. The molecule has 0 N–H and O–H groups in total. The van der Waals surface area contributed by atoms with Gasteiger partial charge in [0.1, 0.15) is 5.65 Å². The average Bonchev–Trinajstić information content (AvgIpc) is 3.56. The molecule has 0 amide bonds. The number of aromatic nitrogens is 5. The molecule has 6 nitrogen and oxygen atoms in total. The molecule has 0 saturated heterocycles. The SMILES string of the molecule is Cc1cn2c3ccccc3c3ccc(Oc4[c-]c5c(cc4)c4cccnc4n4ccnc54)[c-]c3c2n1.[Pt+2]. The summed E-state index contributed by atoms with van der Waals surface area (Å²) >= 11 is 0. The zero-order chi connectivity index (χ0) is 23.8. The molecule has 0 atom stereocenters. The molecule has 7 heteroatoms. The summed E-state index contributed by atoms with van der Waals surface area (Å²) in [6, 6.07) is 27.3. The Morgan fingerprint density at radius 3 is 2.22 bits per heavy atom. The number of ether oxygens (including phenoxy) is 1. The molecule has 0 unspecified atom stereocenters. The third kappa shape index (κ3) is 3.19. The number of hydrogen-bond acceptors (Lipinski definition) is 4. The molecule has 178 valence electrons. The van der Waals surface area contributed by atoms with Gasteiger partial charge in [0.25, 0.3) is 0 Å². The van der Waals surface area contributed by atoms with Crippen LogP contribution in [0.25, 0.3) is 54.8 Å². The van der Waals surface area contributed by atoms with Gasteiger partial charge in [-0.3, -0.25) is 9.97 Å². The molecule has 8 rings (SSSR count). The van der Waals surface area contributed by atoms with Crippen LogP contribution in [-0.2, 0) is 21.1 Å². The standard InChI is InChI=1S/C30H17N5O.Pt/c1-18-17-35-27-7-3-2-5-23(27)21-10-8-20(16-26(21)30(35)33-18)36-19-9-11-22-24-6-4-12-31-28(24)34-14-13-32-29(34)25(22)15-19;/h2-14,17H,1H3;/q-2;+2. The molecule has 0 saturated carbocycles. The van der Waals surface area contributed by atoms with Gasteiger partial charge in [-0.1, -0.05) is 70.1 Å². The van der Waals surface area contributed by atoms with Crippen LogP contribution in [0.3, 0.4) is 0 Å². The fraction of sp³-hybridized carbons (Fsp3) is 0.0333. The van der Waals surface area contributed by atoms with Crippen molar-refractivity contribution in [3.63, 3.8) is 0 Å². The summed E-state index contributed by atoms with van der Waals surface area (Å²) < 4.78 is 10.4. The largest absolute Gasteiger partial charge is 2.00 e. The van der Waals surface area contributed by atoms with E-state index in [2.05, 4.69) is 69.1 Å². The molecule has 37 heavy (non-hydrogen) atoms. The van der Waals surface area contributed by atoms with E-state index in [1.165, 1.54) is 0 Å². The van der Waals surface area contributed by atoms with E-state index < -0.39 is 0 Å². The van der Waals surface area contributed by atoms with Gasteiger partial charge >= 0.3 is 21.1 Å². The molecule has 0 aliphatic rings. The van der Waals surface area contributed by atoms with Crippen LogP contribution in [0.15, 0.2) is 85.5 Å². The first-order chi connectivity index (χ1) is 17.7. The van der Waals surface area contributed by atoms with Crippen molar-refractivity contribution in [1.82, 2.24) is 23.8 Å². The maximum Gasteiger partial charge on any atom is 2.00 e. The minimum absolute atomic E-state index is 0. The normalized spacial score (nSPS) is 11.7. The van der Waals surface area contributed by atoms with Crippen LogP contribution < -0.4 is 4.74 Å². The van der Waals surface area contributed by atoms with E-state index in [9.17, 15) is 0 Å². The monoisotopic (exact) mass is 658 g/mol. The van der Waals surface area contributed by atoms with Crippen molar-refractivity contribution in [3.05, 3.63) is 103 Å². The molecule has 3 aromatic carbocycles. The smallest absolute Gasteiger partial charge is 0.497 e. The number of aryl methyl sites for hydroxylation is 1. The second-order valence-electron chi connectivity index (χ2n) is 8.91. The number of nitrogens with zero attached hydrogens (tertiary/aromatic N) is 5. The molecule has 0 spiro atoms. The first-order valence-electron chi connectivity index (χ1n) is 11.7. The van der Waals surface area contributed by atoms with Crippen LogP contribution >= 0.6 is 0 Å². The van der Waals surface area contributed by atoms with Gasteiger partial charge in [0, 0.05) is 47.5 Å². The molecule has 0 bridgehead atoms. The minimum atomic E-state index is 0. The number of fused-ring (bicyclic) bond motifs is 12. The van der Waals surface area contributed by atoms with Gasteiger partial charge in [-0.2, -0.15) is 0 Å². The molecular weight excluding hydrogens is 641 g/mol. The maximum absolute atomic E-state index is 6.30. The fourth-order valence-electron chi connectivity index (χ4n) is 5.22. The van der Waals surface area contributed by atoms with Gasteiger partial charge in [-0.25, -0.2) is 4.98 Å². The van der Waals surface area contributed by atoms with Crippen LogP contribution in [0.1, 0.15) is 5.69 Å². The summed E-state index contributed by atoms with van der Waals surface area (Å²) in [5, 5.41) is 6.13. The van der Waals surface area contributed by atoms with Crippen molar-refractivity contribution in [3.8, 4) is 11.5 Å². The first kappa shape index (κ1) is 22.0. The van der Waals surface area contributed by atoms with Gasteiger partial charge in [0.05, 0.1) is 11.3 Å². The number of hydrogen-bond donors (Lipinski definition) is 0. The zero-order valence-electron chi connectivity index (χ0n) is 19.5. The van der Waals surface area contributed by atoms with Crippen LogP contribution in [0.5, 0.6) is 11.5 Å². The summed E-state index contributed by atoms with van der Waals surface area (Å²) in [6.45, 7) is 2.01. The Kier molecular flexibility index (Phi) is 4.82. The van der Waals surface area contributed by atoms with Crippen LogP contribution in [0.2, 0.25) is 0 Å². The summed E-state index contributed by atoms with van der Waals surface area (Å²) in [5.74, 6) is 1.21. The van der Waals surface area contributed by atoms with Gasteiger partial charge in [0.15, 0.2) is 0 Å². The van der Waals surface area contributed by atoms with Gasteiger partial charge in [0.2, 0.25) is 0 Å². The van der Waals surface area contributed by atoms with Crippen LogP contribution in [-0.4, -0.2) is 23.8 Å². The molecule has 8 aromatic rings. The van der Waals surface area contributed by atoms with E-state index in [1.807, 2.05) is 41.8 Å².